The summed E-state index contributed by atoms with van der Waals surface area (Å²) in [6.45, 7) is 0. The van der Waals surface area contributed by atoms with E-state index in [-0.39, 0.29) is 0 Å². The molecule has 0 radical (unpaired) electrons. The van der Waals surface area contributed by atoms with Crippen LogP contribution in [0.4, 0.5) is 0 Å². The molecule has 11 rings (SSSR count). The topological polar surface area (TPSA) is 4.93 Å². The molecule has 0 unspecified atom stereocenters. The zero-order valence-electron chi connectivity index (χ0n) is 29.7. The molecule has 0 amide bonds. The zero-order valence-corrected chi connectivity index (χ0v) is 31.1. The molecular weight excluding hydrogens is 667 g/mol. The fourth-order valence-electron chi connectivity index (χ4n) is 9.03. The minimum absolute atomic E-state index is 0.700. The van der Waals surface area contributed by atoms with E-state index in [0.717, 1.165) is 0 Å². The van der Waals surface area contributed by atoms with Crippen LogP contribution < -0.4 is 10.4 Å². The minimum atomic E-state index is -0.700. The van der Waals surface area contributed by atoms with E-state index in [1.807, 2.05) is 0 Å². The molecule has 1 heterocycles. The van der Waals surface area contributed by atoms with Crippen LogP contribution in [0, 0.1) is 0 Å². The quantitative estimate of drug-likeness (QED) is 0.0956. The van der Waals surface area contributed by atoms with E-state index in [1.54, 1.807) is 0 Å². The Hall–Kier alpha value is -6.74. The highest BCUT2D eigenvalue weighted by atomic mass is 28.2. The Morgan fingerprint density at radius 3 is 1.63 bits per heavy atom. The van der Waals surface area contributed by atoms with Gasteiger partial charge in [0.25, 0.3) is 0 Å². The summed E-state index contributed by atoms with van der Waals surface area (Å²) in [6.07, 6.45) is 0. The highest BCUT2D eigenvalue weighted by Gasteiger charge is 2.20. The normalized spacial score (nSPS) is 12.0. The lowest BCUT2D eigenvalue weighted by atomic mass is 9.84. The van der Waals surface area contributed by atoms with Gasteiger partial charge in [0, 0.05) is 16.5 Å². The summed E-state index contributed by atoms with van der Waals surface area (Å²) in [5.74, 6) is 0. The maximum Gasteiger partial charge on any atom is 0.0875 e. The van der Waals surface area contributed by atoms with Gasteiger partial charge in [-0.15, -0.1) is 0 Å². The molecule has 0 N–H and O–H groups in total. The molecule has 0 spiro atoms. The lowest BCUT2D eigenvalue weighted by Crippen LogP contribution is -2.26. The predicted octanol–water partition coefficient (Wildman–Crippen LogP) is 11.9. The van der Waals surface area contributed by atoms with Crippen molar-refractivity contribution in [1.29, 1.82) is 0 Å². The van der Waals surface area contributed by atoms with E-state index in [0.29, 0.717) is 0 Å². The van der Waals surface area contributed by atoms with E-state index in [9.17, 15) is 0 Å². The standard InChI is InChI=1S/C52H35NSi/c1-2-18-37(19-3-1)54-38-29-30-46-48(33-38)51(35-16-14-17-36(31-35)53-49-27-12-10-23-42(49)43-24-11-13-28-50(43)53)44-25-8-9-26-45(44)52(46)47-32-34-15-4-5-20-39(34)40-21-6-7-22-41(40)47/h1-33H,54H2. The maximum absolute atomic E-state index is 2.52. The Labute approximate surface area is 316 Å². The molecule has 1 aromatic heterocycles. The predicted molar refractivity (Wildman–Crippen MR) is 236 cm³/mol. The SMILES string of the molecule is c1ccc([SiH2]c2ccc3c(-c4cc5ccccc5c5ccccc45)c4ccccc4c(-c4cccc(-n5c6ccccc6c6ccccc65)c4)c3c2)cc1. The molecule has 0 aliphatic carbocycles. The summed E-state index contributed by atoms with van der Waals surface area (Å²) in [7, 11) is -0.700. The lowest BCUT2D eigenvalue weighted by molar-refractivity contribution is 1.18. The number of nitrogens with zero attached hydrogens (tertiary/aromatic N) is 1. The Morgan fingerprint density at radius 2 is 0.889 bits per heavy atom. The van der Waals surface area contributed by atoms with Gasteiger partial charge in [0.15, 0.2) is 0 Å². The molecule has 0 atom stereocenters. The molecule has 11 aromatic rings. The largest absolute Gasteiger partial charge is 0.309 e. The number of fused-ring (bicyclic) bond motifs is 8. The average molecular weight is 702 g/mol. The van der Waals surface area contributed by atoms with Gasteiger partial charge in [-0.3, -0.25) is 0 Å². The van der Waals surface area contributed by atoms with Gasteiger partial charge in [0.1, 0.15) is 0 Å². The second-order valence-electron chi connectivity index (χ2n) is 14.4. The third-order valence-electron chi connectivity index (χ3n) is 11.3. The number of aromatic nitrogens is 1. The summed E-state index contributed by atoms with van der Waals surface area (Å²) in [5, 5.41) is 15.7. The van der Waals surface area contributed by atoms with Gasteiger partial charge < -0.3 is 4.57 Å². The third-order valence-corrected chi connectivity index (χ3v) is 13.1. The van der Waals surface area contributed by atoms with Crippen LogP contribution in [0.15, 0.2) is 200 Å². The number of hydrogen-bond donors (Lipinski definition) is 0. The van der Waals surface area contributed by atoms with E-state index in [4.69, 9.17) is 0 Å². The minimum Gasteiger partial charge on any atom is -0.309 e. The number of hydrogen-bond acceptors (Lipinski definition) is 0. The average Bonchev–Trinajstić information content (AvgIpc) is 3.57. The summed E-state index contributed by atoms with van der Waals surface area (Å²) in [6, 6.07) is 74.4. The fraction of sp³-hybridized carbons (Fsp3) is 0. The first kappa shape index (κ1) is 30.8. The van der Waals surface area contributed by atoms with E-state index >= 15 is 0 Å². The molecule has 0 aliphatic rings. The third kappa shape index (κ3) is 4.85. The molecule has 0 aliphatic heterocycles. The Morgan fingerprint density at radius 1 is 0.315 bits per heavy atom. The molecule has 54 heavy (non-hydrogen) atoms. The van der Waals surface area contributed by atoms with Gasteiger partial charge in [0.2, 0.25) is 0 Å². The first-order valence-electron chi connectivity index (χ1n) is 18.8. The molecule has 252 valence electrons. The Balaban J connectivity index is 1.24. The molecule has 0 fully saturated rings. The van der Waals surface area contributed by atoms with Crippen molar-refractivity contribution in [2.45, 2.75) is 0 Å². The Kier molecular flexibility index (Phi) is 7.11. The van der Waals surface area contributed by atoms with Crippen molar-refractivity contribution in [1.82, 2.24) is 4.57 Å². The van der Waals surface area contributed by atoms with Crippen LogP contribution in [0.3, 0.4) is 0 Å². The maximum atomic E-state index is 2.52. The molecule has 1 nitrogen and oxygen atoms in total. The van der Waals surface area contributed by atoms with E-state index < -0.39 is 9.52 Å². The van der Waals surface area contributed by atoms with E-state index in [2.05, 4.69) is 205 Å². The molecule has 0 saturated heterocycles. The second kappa shape index (κ2) is 12.4. The highest BCUT2D eigenvalue weighted by molar-refractivity contribution is 6.67. The smallest absolute Gasteiger partial charge is 0.0875 e. The van der Waals surface area contributed by atoms with Gasteiger partial charge in [-0.25, -0.2) is 0 Å². The second-order valence-corrected chi connectivity index (χ2v) is 16.4. The van der Waals surface area contributed by atoms with Crippen molar-refractivity contribution in [3.05, 3.63) is 200 Å². The van der Waals surface area contributed by atoms with Gasteiger partial charge in [-0.2, -0.15) is 0 Å². The van der Waals surface area contributed by atoms with Crippen molar-refractivity contribution in [2.75, 3.05) is 0 Å². The summed E-state index contributed by atoms with van der Waals surface area (Å²) in [4.78, 5) is 0. The summed E-state index contributed by atoms with van der Waals surface area (Å²) >= 11 is 0. The molecule has 2 heteroatoms. The highest BCUT2D eigenvalue weighted by Crippen LogP contribution is 2.46. The van der Waals surface area contributed by atoms with Crippen LogP contribution in [0.25, 0.3) is 92.8 Å². The van der Waals surface area contributed by atoms with E-state index in [1.165, 1.54) is 103 Å². The van der Waals surface area contributed by atoms with Crippen LogP contribution in [0.1, 0.15) is 0 Å². The van der Waals surface area contributed by atoms with Gasteiger partial charge in [-0.05, 0) is 95.7 Å². The van der Waals surface area contributed by atoms with Crippen molar-refractivity contribution in [2.24, 2.45) is 0 Å². The van der Waals surface area contributed by atoms with Crippen LogP contribution in [-0.2, 0) is 0 Å². The van der Waals surface area contributed by atoms with Crippen LogP contribution in [-0.4, -0.2) is 14.1 Å². The molecule has 0 saturated carbocycles. The van der Waals surface area contributed by atoms with Crippen molar-refractivity contribution >= 4 is 84.8 Å². The molecule has 0 bridgehead atoms. The van der Waals surface area contributed by atoms with Crippen molar-refractivity contribution in [3.8, 4) is 27.9 Å². The summed E-state index contributed by atoms with van der Waals surface area (Å²) < 4.78 is 2.43. The Bertz CT molecular complexity index is 3190. The van der Waals surface area contributed by atoms with Crippen molar-refractivity contribution < 1.29 is 0 Å². The fourth-order valence-corrected chi connectivity index (χ4v) is 10.6. The van der Waals surface area contributed by atoms with Crippen LogP contribution >= 0.6 is 0 Å². The number of rotatable bonds is 5. The van der Waals surface area contributed by atoms with Crippen molar-refractivity contribution in [3.63, 3.8) is 0 Å². The first-order chi connectivity index (χ1) is 26.8. The molecule has 10 aromatic carbocycles. The van der Waals surface area contributed by atoms with Crippen LogP contribution in [0.5, 0.6) is 0 Å². The van der Waals surface area contributed by atoms with Crippen LogP contribution in [0.2, 0.25) is 0 Å². The van der Waals surface area contributed by atoms with Gasteiger partial charge in [-0.1, -0.05) is 180 Å². The monoisotopic (exact) mass is 701 g/mol. The zero-order chi connectivity index (χ0) is 35.6. The lowest BCUT2D eigenvalue weighted by Gasteiger charge is -2.21. The summed E-state index contributed by atoms with van der Waals surface area (Å²) in [5.41, 5.74) is 8.72. The van der Waals surface area contributed by atoms with Gasteiger partial charge >= 0.3 is 0 Å². The number of para-hydroxylation sites is 2. The van der Waals surface area contributed by atoms with Gasteiger partial charge in [0.05, 0.1) is 20.6 Å². The molecular formula is C52H35NSi. The number of benzene rings is 10. The first-order valence-corrected chi connectivity index (χ1v) is 20.2.